The summed E-state index contributed by atoms with van der Waals surface area (Å²) >= 11 is 0. The Bertz CT molecular complexity index is 326. The van der Waals surface area contributed by atoms with Crippen LogP contribution in [0.3, 0.4) is 0 Å². The molecule has 1 aromatic heterocycles. The van der Waals surface area contributed by atoms with E-state index in [0.717, 1.165) is 12.5 Å². The molecule has 0 amide bonds. The lowest BCUT2D eigenvalue weighted by Gasteiger charge is -2.17. The number of nitrogens with zero attached hydrogens (tertiary/aromatic N) is 2. The van der Waals surface area contributed by atoms with E-state index in [9.17, 15) is 0 Å². The van der Waals surface area contributed by atoms with Crippen molar-refractivity contribution in [3.63, 3.8) is 0 Å². The highest BCUT2D eigenvalue weighted by Gasteiger charge is 2.24. The van der Waals surface area contributed by atoms with Crippen LogP contribution in [0.25, 0.3) is 0 Å². The van der Waals surface area contributed by atoms with Gasteiger partial charge in [-0.15, -0.1) is 0 Å². The van der Waals surface area contributed by atoms with E-state index in [1.54, 1.807) is 0 Å². The van der Waals surface area contributed by atoms with Gasteiger partial charge < -0.3 is 9.88 Å². The van der Waals surface area contributed by atoms with Gasteiger partial charge in [-0.25, -0.2) is 4.98 Å². The minimum absolute atomic E-state index is 0.530. The maximum Gasteiger partial charge on any atom is 0.0951 e. The Morgan fingerprint density at radius 2 is 2.19 bits per heavy atom. The third-order valence-electron chi connectivity index (χ3n) is 3.28. The molecule has 90 valence electrons. The van der Waals surface area contributed by atoms with Crippen molar-refractivity contribution in [2.45, 2.75) is 58.7 Å². The summed E-state index contributed by atoms with van der Waals surface area (Å²) in [5.74, 6) is 0.975. The van der Waals surface area contributed by atoms with Crippen LogP contribution in [0.5, 0.6) is 0 Å². The first kappa shape index (κ1) is 11.6. The zero-order chi connectivity index (χ0) is 11.5. The first-order valence-electron chi connectivity index (χ1n) is 6.41. The van der Waals surface area contributed by atoms with Crippen molar-refractivity contribution in [2.75, 3.05) is 0 Å². The molecule has 0 bridgehead atoms. The minimum Gasteiger partial charge on any atom is -0.331 e. The van der Waals surface area contributed by atoms with Gasteiger partial charge in [0.15, 0.2) is 0 Å². The van der Waals surface area contributed by atoms with Crippen molar-refractivity contribution in [1.29, 1.82) is 0 Å². The summed E-state index contributed by atoms with van der Waals surface area (Å²) < 4.78 is 2.33. The molecule has 3 heteroatoms. The summed E-state index contributed by atoms with van der Waals surface area (Å²) in [5.41, 5.74) is 1.31. The van der Waals surface area contributed by atoms with E-state index >= 15 is 0 Å². The first-order chi connectivity index (χ1) is 7.66. The fourth-order valence-electron chi connectivity index (χ4n) is 2.12. The van der Waals surface area contributed by atoms with Gasteiger partial charge >= 0.3 is 0 Å². The van der Waals surface area contributed by atoms with Gasteiger partial charge in [0.1, 0.15) is 0 Å². The average molecular weight is 221 g/mol. The van der Waals surface area contributed by atoms with Crippen molar-refractivity contribution in [3.8, 4) is 0 Å². The Balaban J connectivity index is 1.93. The fraction of sp³-hybridized carbons (Fsp3) is 0.769. The molecule has 0 aliphatic heterocycles. The molecular weight excluding hydrogens is 198 g/mol. The normalized spacial score (nSPS) is 18.0. The van der Waals surface area contributed by atoms with E-state index in [1.807, 2.05) is 12.5 Å². The predicted molar refractivity (Wildman–Crippen MR) is 66.3 cm³/mol. The number of hydrogen-bond donors (Lipinski definition) is 1. The van der Waals surface area contributed by atoms with Gasteiger partial charge in [0, 0.05) is 24.8 Å². The van der Waals surface area contributed by atoms with E-state index < -0.39 is 0 Å². The fourth-order valence-corrected chi connectivity index (χ4v) is 2.12. The Morgan fingerprint density at radius 1 is 1.44 bits per heavy atom. The maximum absolute atomic E-state index is 4.27. The largest absolute Gasteiger partial charge is 0.331 e. The molecule has 1 unspecified atom stereocenters. The monoisotopic (exact) mass is 221 g/mol. The lowest BCUT2D eigenvalue weighted by atomic mass is 10.1. The average Bonchev–Trinajstić information content (AvgIpc) is 2.91. The number of imidazole rings is 1. The van der Waals surface area contributed by atoms with Gasteiger partial charge in [-0.1, -0.05) is 26.7 Å². The zero-order valence-corrected chi connectivity index (χ0v) is 10.6. The smallest absolute Gasteiger partial charge is 0.0951 e. The molecule has 0 radical (unpaired) electrons. The van der Waals surface area contributed by atoms with Gasteiger partial charge in [0.05, 0.1) is 12.0 Å². The molecule has 1 aromatic rings. The molecule has 1 atom stereocenters. The topological polar surface area (TPSA) is 29.9 Å². The van der Waals surface area contributed by atoms with Crippen LogP contribution in [0.15, 0.2) is 12.5 Å². The van der Waals surface area contributed by atoms with Crippen molar-refractivity contribution in [3.05, 3.63) is 18.2 Å². The van der Waals surface area contributed by atoms with Gasteiger partial charge in [-0.05, 0) is 19.3 Å². The first-order valence-corrected chi connectivity index (χ1v) is 6.41. The van der Waals surface area contributed by atoms with Crippen LogP contribution in [0.1, 0.15) is 51.8 Å². The van der Waals surface area contributed by atoms with Crippen LogP contribution >= 0.6 is 0 Å². The summed E-state index contributed by atoms with van der Waals surface area (Å²) in [6.45, 7) is 7.58. The number of rotatable bonds is 6. The molecule has 3 nitrogen and oxygen atoms in total. The quantitative estimate of drug-likeness (QED) is 0.800. The molecule has 1 fully saturated rings. The third kappa shape index (κ3) is 3.08. The number of aromatic nitrogens is 2. The maximum atomic E-state index is 4.27. The molecule has 1 aliphatic carbocycles. The Morgan fingerprint density at radius 3 is 2.81 bits per heavy atom. The summed E-state index contributed by atoms with van der Waals surface area (Å²) in [7, 11) is 0. The van der Waals surface area contributed by atoms with Gasteiger partial charge in [-0.3, -0.25) is 0 Å². The van der Waals surface area contributed by atoms with E-state index in [-0.39, 0.29) is 0 Å². The second kappa shape index (κ2) is 5.00. The lowest BCUT2D eigenvalue weighted by molar-refractivity contribution is 0.452. The van der Waals surface area contributed by atoms with E-state index in [4.69, 9.17) is 0 Å². The van der Waals surface area contributed by atoms with Crippen molar-refractivity contribution in [2.24, 2.45) is 5.92 Å². The van der Waals surface area contributed by atoms with E-state index in [2.05, 4.69) is 35.6 Å². The third-order valence-corrected chi connectivity index (χ3v) is 3.28. The second-order valence-corrected chi connectivity index (χ2v) is 5.36. The van der Waals surface area contributed by atoms with Crippen LogP contribution in [0.2, 0.25) is 0 Å². The Labute approximate surface area is 98.3 Å². The molecule has 0 aromatic carbocycles. The van der Waals surface area contributed by atoms with Crippen LogP contribution < -0.4 is 5.32 Å². The lowest BCUT2D eigenvalue weighted by Crippen LogP contribution is -2.24. The van der Waals surface area contributed by atoms with Crippen LogP contribution in [0, 0.1) is 5.92 Å². The molecule has 16 heavy (non-hydrogen) atoms. The predicted octanol–water partition coefficient (Wildman–Crippen LogP) is 2.74. The SMILES string of the molecule is CC(C)NCc1cncn1C(C)CC1CC1. The summed E-state index contributed by atoms with van der Waals surface area (Å²) in [4.78, 5) is 4.27. The molecule has 0 saturated heterocycles. The highest BCUT2D eigenvalue weighted by molar-refractivity contribution is 5.00. The number of hydrogen-bond acceptors (Lipinski definition) is 2. The summed E-state index contributed by atoms with van der Waals surface area (Å²) in [6.07, 6.45) is 8.13. The van der Waals surface area contributed by atoms with Crippen molar-refractivity contribution in [1.82, 2.24) is 14.9 Å². The van der Waals surface area contributed by atoms with Gasteiger partial charge in [0.25, 0.3) is 0 Å². The molecule has 2 rings (SSSR count). The van der Waals surface area contributed by atoms with Crippen LogP contribution in [-0.2, 0) is 6.54 Å². The highest BCUT2D eigenvalue weighted by Crippen LogP contribution is 2.36. The molecule has 0 spiro atoms. The Hall–Kier alpha value is -0.830. The number of nitrogens with one attached hydrogen (secondary N) is 1. The molecule has 1 aliphatic rings. The minimum atomic E-state index is 0.530. The highest BCUT2D eigenvalue weighted by atomic mass is 15.1. The molecule has 1 N–H and O–H groups in total. The van der Waals surface area contributed by atoms with E-state index in [1.165, 1.54) is 25.0 Å². The van der Waals surface area contributed by atoms with E-state index in [0.29, 0.717) is 12.1 Å². The second-order valence-electron chi connectivity index (χ2n) is 5.36. The molecule has 1 heterocycles. The van der Waals surface area contributed by atoms with Gasteiger partial charge in [0.2, 0.25) is 0 Å². The van der Waals surface area contributed by atoms with Crippen LogP contribution in [0.4, 0.5) is 0 Å². The molecular formula is C13H23N3. The van der Waals surface area contributed by atoms with Crippen LogP contribution in [-0.4, -0.2) is 15.6 Å². The van der Waals surface area contributed by atoms with Gasteiger partial charge in [-0.2, -0.15) is 0 Å². The van der Waals surface area contributed by atoms with Crippen molar-refractivity contribution < 1.29 is 0 Å². The molecule has 1 saturated carbocycles. The summed E-state index contributed by atoms with van der Waals surface area (Å²) in [6, 6.07) is 1.13. The zero-order valence-electron chi connectivity index (χ0n) is 10.6. The summed E-state index contributed by atoms with van der Waals surface area (Å²) in [5, 5.41) is 3.45. The Kier molecular flexibility index (Phi) is 3.64. The standard InChI is InChI=1S/C13H23N3/c1-10(2)15-8-13-7-14-9-16(13)11(3)6-12-4-5-12/h7,9-12,15H,4-6,8H2,1-3H3. The van der Waals surface area contributed by atoms with Crippen molar-refractivity contribution >= 4 is 0 Å².